The Bertz CT molecular complexity index is 307. The number of thioether (sulfide) groups is 1. The lowest BCUT2D eigenvalue weighted by Crippen LogP contribution is -2.34. The van der Waals surface area contributed by atoms with Gasteiger partial charge in [-0.15, -0.1) is 0 Å². The highest BCUT2D eigenvalue weighted by atomic mass is 32.2. The van der Waals surface area contributed by atoms with Gasteiger partial charge in [-0.3, -0.25) is 0 Å². The van der Waals surface area contributed by atoms with Crippen LogP contribution in [0.1, 0.15) is 37.8 Å². The van der Waals surface area contributed by atoms with Crippen molar-refractivity contribution in [3.63, 3.8) is 0 Å². The van der Waals surface area contributed by atoms with Crippen molar-refractivity contribution in [3.05, 3.63) is 35.4 Å². The second-order valence-corrected chi connectivity index (χ2v) is 6.07. The van der Waals surface area contributed by atoms with Gasteiger partial charge in [0, 0.05) is 11.8 Å². The summed E-state index contributed by atoms with van der Waals surface area (Å²) in [5.74, 6) is 2.50. The summed E-state index contributed by atoms with van der Waals surface area (Å²) >= 11 is 2.07. The summed E-state index contributed by atoms with van der Waals surface area (Å²) in [6, 6.07) is 9.57. The molecule has 18 heavy (non-hydrogen) atoms. The molecule has 0 heterocycles. The second-order valence-electron chi connectivity index (χ2n) is 4.92. The summed E-state index contributed by atoms with van der Waals surface area (Å²) in [4.78, 5) is 0. The van der Waals surface area contributed by atoms with Crippen LogP contribution < -0.4 is 5.32 Å². The molecule has 0 saturated heterocycles. The van der Waals surface area contributed by atoms with Gasteiger partial charge in [0.15, 0.2) is 0 Å². The fourth-order valence-corrected chi connectivity index (χ4v) is 2.89. The molecule has 0 spiro atoms. The molecule has 1 rings (SSSR count). The lowest BCUT2D eigenvalue weighted by molar-refractivity contribution is 0.550. The van der Waals surface area contributed by atoms with Crippen LogP contribution in [0, 0.1) is 6.92 Å². The first-order valence-electron chi connectivity index (χ1n) is 7.13. The van der Waals surface area contributed by atoms with Gasteiger partial charge in [0.05, 0.1) is 0 Å². The Balaban J connectivity index is 2.45. The van der Waals surface area contributed by atoms with Crippen LogP contribution in [0.5, 0.6) is 0 Å². The lowest BCUT2D eigenvalue weighted by Gasteiger charge is -2.18. The molecular weight excluding hydrogens is 238 g/mol. The summed E-state index contributed by atoms with van der Waals surface area (Å²) in [6.07, 6.45) is 3.63. The number of hydrogen-bond acceptors (Lipinski definition) is 2. The number of aryl methyl sites for hydroxylation is 1. The molecule has 0 aliphatic rings. The van der Waals surface area contributed by atoms with Crippen LogP contribution in [0.15, 0.2) is 24.3 Å². The van der Waals surface area contributed by atoms with Crippen molar-refractivity contribution in [1.29, 1.82) is 0 Å². The predicted molar refractivity (Wildman–Crippen MR) is 84.6 cm³/mol. The van der Waals surface area contributed by atoms with E-state index >= 15 is 0 Å². The molecule has 1 aromatic rings. The summed E-state index contributed by atoms with van der Waals surface area (Å²) in [5, 5.41) is 3.67. The van der Waals surface area contributed by atoms with Crippen LogP contribution in [-0.4, -0.2) is 24.1 Å². The topological polar surface area (TPSA) is 12.0 Å². The molecule has 0 aromatic heterocycles. The summed E-state index contributed by atoms with van der Waals surface area (Å²) < 4.78 is 0. The first-order chi connectivity index (χ1) is 8.76. The van der Waals surface area contributed by atoms with Crippen LogP contribution in [0.2, 0.25) is 0 Å². The van der Waals surface area contributed by atoms with Crippen molar-refractivity contribution < 1.29 is 0 Å². The molecule has 102 valence electrons. The van der Waals surface area contributed by atoms with E-state index in [4.69, 9.17) is 0 Å². The zero-order valence-electron chi connectivity index (χ0n) is 12.0. The van der Waals surface area contributed by atoms with E-state index < -0.39 is 0 Å². The van der Waals surface area contributed by atoms with Crippen molar-refractivity contribution in [3.8, 4) is 0 Å². The molecule has 1 aromatic carbocycles. The smallest absolute Gasteiger partial charge is 0.0198 e. The number of hydrogen-bond donors (Lipinski definition) is 1. The minimum atomic E-state index is 0.615. The van der Waals surface area contributed by atoms with E-state index in [1.54, 1.807) is 0 Å². The zero-order chi connectivity index (χ0) is 13.2. The SMILES string of the molecule is CCCNC(CSCCC)Cc1ccc(C)cc1. The average molecular weight is 265 g/mol. The maximum absolute atomic E-state index is 3.67. The van der Waals surface area contributed by atoms with E-state index in [0.29, 0.717) is 6.04 Å². The molecule has 0 aliphatic heterocycles. The fourth-order valence-electron chi connectivity index (χ4n) is 1.92. The van der Waals surface area contributed by atoms with Gasteiger partial charge >= 0.3 is 0 Å². The monoisotopic (exact) mass is 265 g/mol. The molecule has 1 atom stereocenters. The molecule has 0 bridgehead atoms. The standard InChI is InChI=1S/C16H27NS/c1-4-10-17-16(13-18-11-5-2)12-15-8-6-14(3)7-9-15/h6-9,16-17H,4-5,10-13H2,1-3H3. The van der Waals surface area contributed by atoms with Crippen LogP contribution in [0.3, 0.4) is 0 Å². The van der Waals surface area contributed by atoms with Gasteiger partial charge in [-0.25, -0.2) is 0 Å². The molecule has 0 fully saturated rings. The van der Waals surface area contributed by atoms with Gasteiger partial charge in [-0.2, -0.15) is 11.8 Å². The van der Waals surface area contributed by atoms with E-state index in [1.165, 1.54) is 35.5 Å². The quantitative estimate of drug-likeness (QED) is 0.676. The van der Waals surface area contributed by atoms with E-state index in [1.807, 2.05) is 0 Å². The molecular formula is C16H27NS. The molecule has 1 N–H and O–H groups in total. The van der Waals surface area contributed by atoms with Crippen LogP contribution in [-0.2, 0) is 6.42 Å². The maximum Gasteiger partial charge on any atom is 0.0198 e. The minimum Gasteiger partial charge on any atom is -0.313 e. The number of rotatable bonds is 9. The highest BCUT2D eigenvalue weighted by molar-refractivity contribution is 7.99. The van der Waals surface area contributed by atoms with Crippen LogP contribution in [0.4, 0.5) is 0 Å². The van der Waals surface area contributed by atoms with Crippen molar-refractivity contribution >= 4 is 11.8 Å². The van der Waals surface area contributed by atoms with E-state index in [9.17, 15) is 0 Å². The Hall–Kier alpha value is -0.470. The summed E-state index contributed by atoms with van der Waals surface area (Å²) in [7, 11) is 0. The maximum atomic E-state index is 3.67. The Morgan fingerprint density at radius 3 is 2.44 bits per heavy atom. The molecule has 2 heteroatoms. The van der Waals surface area contributed by atoms with E-state index in [2.05, 4.69) is 62.1 Å². The van der Waals surface area contributed by atoms with E-state index in [-0.39, 0.29) is 0 Å². The average Bonchev–Trinajstić information content (AvgIpc) is 2.38. The van der Waals surface area contributed by atoms with Gasteiger partial charge in [-0.1, -0.05) is 43.7 Å². The molecule has 0 amide bonds. The third-order valence-electron chi connectivity index (χ3n) is 2.95. The Morgan fingerprint density at radius 2 is 1.83 bits per heavy atom. The molecule has 0 aliphatic carbocycles. The molecule has 0 saturated carbocycles. The first-order valence-corrected chi connectivity index (χ1v) is 8.28. The third kappa shape index (κ3) is 6.46. The highest BCUT2D eigenvalue weighted by Crippen LogP contribution is 2.11. The number of nitrogens with one attached hydrogen (secondary N) is 1. The fraction of sp³-hybridized carbons (Fsp3) is 0.625. The first kappa shape index (κ1) is 15.6. The van der Waals surface area contributed by atoms with Gasteiger partial charge in [-0.05, 0) is 44.0 Å². The van der Waals surface area contributed by atoms with Crippen molar-refractivity contribution in [2.24, 2.45) is 0 Å². The van der Waals surface area contributed by atoms with Crippen LogP contribution in [0.25, 0.3) is 0 Å². The largest absolute Gasteiger partial charge is 0.313 e. The third-order valence-corrected chi connectivity index (χ3v) is 4.29. The van der Waals surface area contributed by atoms with E-state index in [0.717, 1.165) is 13.0 Å². The van der Waals surface area contributed by atoms with Crippen molar-refractivity contribution in [2.75, 3.05) is 18.1 Å². The Morgan fingerprint density at radius 1 is 1.11 bits per heavy atom. The predicted octanol–water partition coefficient (Wildman–Crippen LogP) is 4.05. The second kappa shape index (κ2) is 9.46. The van der Waals surface area contributed by atoms with Gasteiger partial charge in [0.2, 0.25) is 0 Å². The normalized spacial score (nSPS) is 12.6. The zero-order valence-corrected chi connectivity index (χ0v) is 12.9. The number of benzene rings is 1. The molecule has 0 radical (unpaired) electrons. The van der Waals surface area contributed by atoms with Gasteiger partial charge < -0.3 is 5.32 Å². The van der Waals surface area contributed by atoms with Gasteiger partial charge in [0.25, 0.3) is 0 Å². The van der Waals surface area contributed by atoms with Crippen molar-refractivity contribution in [1.82, 2.24) is 5.32 Å². The van der Waals surface area contributed by atoms with Crippen LogP contribution >= 0.6 is 11.8 Å². The Kier molecular flexibility index (Phi) is 8.19. The highest BCUT2D eigenvalue weighted by Gasteiger charge is 2.08. The molecule has 1 nitrogen and oxygen atoms in total. The Labute approximate surface area is 117 Å². The lowest BCUT2D eigenvalue weighted by atomic mass is 10.1. The minimum absolute atomic E-state index is 0.615. The summed E-state index contributed by atoms with van der Waals surface area (Å²) in [5.41, 5.74) is 2.79. The van der Waals surface area contributed by atoms with Gasteiger partial charge in [0.1, 0.15) is 0 Å². The summed E-state index contributed by atoms with van der Waals surface area (Å²) in [6.45, 7) is 7.76. The molecule has 1 unspecified atom stereocenters. The van der Waals surface area contributed by atoms with Crippen molar-refractivity contribution in [2.45, 2.75) is 46.1 Å².